The van der Waals surface area contributed by atoms with Gasteiger partial charge in [-0.25, -0.2) is 4.68 Å². The summed E-state index contributed by atoms with van der Waals surface area (Å²) in [5.41, 5.74) is 5.65. The van der Waals surface area contributed by atoms with E-state index < -0.39 is 0 Å². The second-order valence-corrected chi connectivity index (χ2v) is 6.21. The number of aromatic nitrogens is 2. The summed E-state index contributed by atoms with van der Waals surface area (Å²) in [6.07, 6.45) is 0.923. The molecule has 0 saturated heterocycles. The summed E-state index contributed by atoms with van der Waals surface area (Å²) in [5, 5.41) is 10.8. The molecule has 3 aromatic rings. The van der Waals surface area contributed by atoms with Crippen LogP contribution in [0.15, 0.2) is 54.6 Å². The average molecular weight is 348 g/mol. The van der Waals surface area contributed by atoms with Crippen LogP contribution in [0.1, 0.15) is 23.9 Å². The first-order valence-electron chi connectivity index (χ1n) is 8.83. The van der Waals surface area contributed by atoms with Crippen molar-refractivity contribution in [3.8, 4) is 5.69 Å². The highest BCUT2D eigenvalue weighted by Gasteiger charge is 2.15. The third-order valence-corrected chi connectivity index (χ3v) is 4.39. The number of aryl methyl sites for hydroxylation is 2. The van der Waals surface area contributed by atoms with E-state index in [4.69, 9.17) is 0 Å². The number of hydrogen-bond donors (Lipinski definition) is 2. The molecule has 1 aromatic heterocycles. The van der Waals surface area contributed by atoms with Gasteiger partial charge in [0.25, 0.3) is 0 Å². The van der Waals surface area contributed by atoms with Crippen LogP contribution in [0.3, 0.4) is 0 Å². The lowest BCUT2D eigenvalue weighted by Gasteiger charge is -2.11. The molecular weight excluding hydrogens is 324 g/mol. The number of para-hydroxylation sites is 2. The highest BCUT2D eigenvalue weighted by atomic mass is 16.1. The largest absolute Gasteiger partial charge is 0.376 e. The van der Waals surface area contributed by atoms with Gasteiger partial charge in [0.15, 0.2) is 0 Å². The van der Waals surface area contributed by atoms with Crippen molar-refractivity contribution in [2.24, 2.45) is 0 Å². The quantitative estimate of drug-likeness (QED) is 0.705. The van der Waals surface area contributed by atoms with Crippen LogP contribution in [-0.4, -0.2) is 22.2 Å². The Bertz CT molecular complexity index is 900. The average Bonchev–Trinajstić information content (AvgIpc) is 2.95. The molecule has 0 radical (unpaired) electrons. The van der Waals surface area contributed by atoms with Gasteiger partial charge in [0.05, 0.1) is 29.3 Å². The second kappa shape index (κ2) is 7.87. The van der Waals surface area contributed by atoms with Gasteiger partial charge in [0.2, 0.25) is 5.91 Å². The molecule has 2 N–H and O–H groups in total. The number of anilines is 2. The maximum absolute atomic E-state index is 12.4. The molecule has 0 unspecified atom stereocenters. The van der Waals surface area contributed by atoms with Crippen molar-refractivity contribution in [2.75, 3.05) is 17.2 Å². The number of amides is 1. The first kappa shape index (κ1) is 17.7. The van der Waals surface area contributed by atoms with Crippen molar-refractivity contribution in [3.05, 3.63) is 71.5 Å². The van der Waals surface area contributed by atoms with E-state index in [-0.39, 0.29) is 12.5 Å². The van der Waals surface area contributed by atoms with Gasteiger partial charge in [-0.3, -0.25) is 4.79 Å². The lowest BCUT2D eigenvalue weighted by Crippen LogP contribution is -2.22. The van der Waals surface area contributed by atoms with Gasteiger partial charge in [-0.15, -0.1) is 0 Å². The van der Waals surface area contributed by atoms with Crippen molar-refractivity contribution in [1.29, 1.82) is 0 Å². The number of carbonyl (C=O) groups excluding carboxylic acids is 1. The molecular formula is C21H24N4O. The molecule has 134 valence electrons. The summed E-state index contributed by atoms with van der Waals surface area (Å²) >= 11 is 0. The summed E-state index contributed by atoms with van der Waals surface area (Å²) in [4.78, 5) is 12.4. The molecule has 0 spiro atoms. The lowest BCUT2D eigenvalue weighted by molar-refractivity contribution is -0.114. The Balaban J connectivity index is 1.71. The fourth-order valence-corrected chi connectivity index (χ4v) is 3.00. The van der Waals surface area contributed by atoms with Gasteiger partial charge in [-0.2, -0.15) is 5.10 Å². The second-order valence-electron chi connectivity index (χ2n) is 6.21. The standard InChI is InChI=1S/C21H24N4O/c1-4-17-10-8-9-13-19(17)22-14-20(26)23-21-15(2)24-25(16(21)3)18-11-6-5-7-12-18/h5-13,22H,4,14H2,1-3H3,(H,23,26). The normalized spacial score (nSPS) is 10.6. The van der Waals surface area contributed by atoms with Gasteiger partial charge in [0.1, 0.15) is 0 Å². The molecule has 0 aliphatic heterocycles. The van der Waals surface area contributed by atoms with Crippen LogP contribution in [0.25, 0.3) is 5.69 Å². The van der Waals surface area contributed by atoms with Crippen LogP contribution in [0, 0.1) is 13.8 Å². The molecule has 1 heterocycles. The van der Waals surface area contributed by atoms with E-state index in [0.29, 0.717) is 0 Å². The molecule has 5 nitrogen and oxygen atoms in total. The number of nitrogens with zero attached hydrogens (tertiary/aromatic N) is 2. The fraction of sp³-hybridized carbons (Fsp3) is 0.238. The predicted molar refractivity (Wildman–Crippen MR) is 106 cm³/mol. The summed E-state index contributed by atoms with van der Waals surface area (Å²) in [6, 6.07) is 17.9. The SMILES string of the molecule is CCc1ccccc1NCC(=O)Nc1c(C)nn(-c2ccccc2)c1C. The fourth-order valence-electron chi connectivity index (χ4n) is 3.00. The van der Waals surface area contributed by atoms with Crippen LogP contribution < -0.4 is 10.6 Å². The van der Waals surface area contributed by atoms with Crippen LogP contribution in [0.4, 0.5) is 11.4 Å². The number of benzene rings is 2. The monoisotopic (exact) mass is 348 g/mol. The molecule has 26 heavy (non-hydrogen) atoms. The van der Waals surface area contributed by atoms with Crippen LogP contribution >= 0.6 is 0 Å². The Hall–Kier alpha value is -3.08. The van der Waals surface area contributed by atoms with Crippen molar-refractivity contribution < 1.29 is 4.79 Å². The minimum atomic E-state index is -0.0882. The highest BCUT2D eigenvalue weighted by molar-refractivity contribution is 5.95. The summed E-state index contributed by atoms with van der Waals surface area (Å²) in [5.74, 6) is -0.0882. The Morgan fingerprint density at radius 2 is 1.73 bits per heavy atom. The Morgan fingerprint density at radius 3 is 2.46 bits per heavy atom. The van der Waals surface area contributed by atoms with Gasteiger partial charge in [-0.05, 0) is 44.0 Å². The summed E-state index contributed by atoms with van der Waals surface area (Å²) in [6.45, 7) is 6.18. The van der Waals surface area contributed by atoms with Crippen LogP contribution in [-0.2, 0) is 11.2 Å². The lowest BCUT2D eigenvalue weighted by atomic mass is 10.1. The number of hydrogen-bond acceptors (Lipinski definition) is 3. The third-order valence-electron chi connectivity index (χ3n) is 4.39. The molecule has 2 aromatic carbocycles. The van der Waals surface area contributed by atoms with Crippen LogP contribution in [0.5, 0.6) is 0 Å². The van der Waals surface area contributed by atoms with Crippen LogP contribution in [0.2, 0.25) is 0 Å². The van der Waals surface area contributed by atoms with Crippen molar-refractivity contribution in [2.45, 2.75) is 27.2 Å². The van der Waals surface area contributed by atoms with E-state index in [9.17, 15) is 4.79 Å². The van der Waals surface area contributed by atoms with Gasteiger partial charge >= 0.3 is 0 Å². The minimum absolute atomic E-state index is 0.0882. The molecule has 0 aliphatic rings. The molecule has 0 aliphatic carbocycles. The Labute approximate surface area is 154 Å². The van der Waals surface area contributed by atoms with Gasteiger partial charge in [0, 0.05) is 5.69 Å². The molecule has 0 bridgehead atoms. The molecule has 0 atom stereocenters. The van der Waals surface area contributed by atoms with E-state index >= 15 is 0 Å². The van der Waals surface area contributed by atoms with E-state index in [1.807, 2.05) is 67.1 Å². The first-order chi connectivity index (χ1) is 12.6. The molecule has 0 fully saturated rings. The number of rotatable bonds is 6. The van der Waals surface area contributed by atoms with E-state index in [1.165, 1.54) is 5.56 Å². The predicted octanol–water partition coefficient (Wildman–Crippen LogP) is 4.10. The van der Waals surface area contributed by atoms with Gasteiger partial charge in [-0.1, -0.05) is 43.3 Å². The Morgan fingerprint density at radius 1 is 1.04 bits per heavy atom. The molecule has 0 saturated carbocycles. The van der Waals surface area contributed by atoms with E-state index in [1.54, 1.807) is 0 Å². The number of carbonyl (C=O) groups is 1. The molecule has 1 amide bonds. The topological polar surface area (TPSA) is 59.0 Å². The first-order valence-corrected chi connectivity index (χ1v) is 8.83. The zero-order chi connectivity index (χ0) is 18.5. The summed E-state index contributed by atoms with van der Waals surface area (Å²) < 4.78 is 1.85. The molecule has 3 rings (SSSR count). The smallest absolute Gasteiger partial charge is 0.243 e. The third kappa shape index (κ3) is 3.77. The van der Waals surface area contributed by atoms with Crippen molar-refractivity contribution >= 4 is 17.3 Å². The minimum Gasteiger partial charge on any atom is -0.376 e. The zero-order valence-corrected chi connectivity index (χ0v) is 15.4. The van der Waals surface area contributed by atoms with Gasteiger partial charge < -0.3 is 10.6 Å². The number of nitrogens with one attached hydrogen (secondary N) is 2. The highest BCUT2D eigenvalue weighted by Crippen LogP contribution is 2.22. The Kier molecular flexibility index (Phi) is 5.37. The molecule has 5 heteroatoms. The van der Waals surface area contributed by atoms with Crippen molar-refractivity contribution in [3.63, 3.8) is 0 Å². The summed E-state index contributed by atoms with van der Waals surface area (Å²) in [7, 11) is 0. The maximum Gasteiger partial charge on any atom is 0.243 e. The zero-order valence-electron chi connectivity index (χ0n) is 15.4. The van der Waals surface area contributed by atoms with Crippen molar-refractivity contribution in [1.82, 2.24) is 9.78 Å². The van der Waals surface area contributed by atoms with E-state index in [2.05, 4.69) is 28.7 Å². The maximum atomic E-state index is 12.4. The van der Waals surface area contributed by atoms with E-state index in [0.717, 1.165) is 34.9 Å².